The molecule has 0 aromatic heterocycles. The zero-order valence-corrected chi connectivity index (χ0v) is 12.9. The molecular weight excluding hydrogens is 252 g/mol. The molecule has 0 unspecified atom stereocenters. The molecule has 1 saturated heterocycles. The van der Waals surface area contributed by atoms with Gasteiger partial charge in [0.25, 0.3) is 0 Å². The van der Waals surface area contributed by atoms with Crippen LogP contribution in [0.2, 0.25) is 0 Å². The number of carbonyl (C=O) groups is 1. The molecule has 0 bridgehead atoms. The van der Waals surface area contributed by atoms with Crippen molar-refractivity contribution in [2.24, 2.45) is 10.9 Å². The smallest absolute Gasteiger partial charge is 0.219 e. The third-order valence-electron chi connectivity index (χ3n) is 4.09. The van der Waals surface area contributed by atoms with E-state index in [1.165, 1.54) is 25.7 Å². The number of aliphatic imine (C=N–C) groups is 1. The van der Waals surface area contributed by atoms with Crippen LogP contribution < -0.4 is 5.32 Å². The molecule has 0 aromatic carbocycles. The van der Waals surface area contributed by atoms with Crippen LogP contribution in [0.5, 0.6) is 0 Å². The molecule has 1 N–H and O–H groups in total. The predicted molar refractivity (Wildman–Crippen MR) is 81.8 cm³/mol. The molecule has 0 atom stereocenters. The average Bonchev–Trinajstić information content (AvgIpc) is 3.26. The number of nitrogens with one attached hydrogen (secondary N) is 1. The number of nitrogens with zero attached hydrogens (tertiary/aromatic N) is 3. The molecule has 1 heterocycles. The maximum absolute atomic E-state index is 11.3. The molecule has 0 spiro atoms. The summed E-state index contributed by atoms with van der Waals surface area (Å²) in [4.78, 5) is 20.3. The summed E-state index contributed by atoms with van der Waals surface area (Å²) in [5.41, 5.74) is 0. The number of hydrogen-bond acceptors (Lipinski definition) is 2. The van der Waals surface area contributed by atoms with E-state index in [9.17, 15) is 4.79 Å². The molecule has 20 heavy (non-hydrogen) atoms. The molecule has 5 nitrogen and oxygen atoms in total. The third kappa shape index (κ3) is 4.69. The lowest BCUT2D eigenvalue weighted by Gasteiger charge is -2.36. The van der Waals surface area contributed by atoms with Gasteiger partial charge in [-0.15, -0.1) is 0 Å². The van der Waals surface area contributed by atoms with E-state index >= 15 is 0 Å². The van der Waals surface area contributed by atoms with Crippen LogP contribution >= 0.6 is 0 Å². The number of piperazine rings is 1. The van der Waals surface area contributed by atoms with E-state index in [1.54, 1.807) is 6.92 Å². The molecule has 1 aliphatic carbocycles. The van der Waals surface area contributed by atoms with E-state index in [-0.39, 0.29) is 5.91 Å². The van der Waals surface area contributed by atoms with Crippen LogP contribution in [0.15, 0.2) is 4.99 Å². The Kier molecular flexibility index (Phi) is 5.68. The summed E-state index contributed by atoms with van der Waals surface area (Å²) in [6.45, 7) is 8.95. The summed E-state index contributed by atoms with van der Waals surface area (Å²) in [6, 6.07) is 0. The van der Waals surface area contributed by atoms with Crippen molar-refractivity contribution in [2.45, 2.75) is 39.5 Å². The molecule has 1 amide bonds. The summed E-state index contributed by atoms with van der Waals surface area (Å²) in [7, 11) is 0. The minimum atomic E-state index is 0.177. The highest BCUT2D eigenvalue weighted by molar-refractivity contribution is 5.80. The van der Waals surface area contributed by atoms with Gasteiger partial charge < -0.3 is 15.1 Å². The van der Waals surface area contributed by atoms with Crippen LogP contribution in [0, 0.1) is 5.92 Å². The first-order valence-corrected chi connectivity index (χ1v) is 7.99. The summed E-state index contributed by atoms with van der Waals surface area (Å²) >= 11 is 0. The fraction of sp³-hybridized carbons (Fsp3) is 0.867. The third-order valence-corrected chi connectivity index (χ3v) is 4.09. The summed E-state index contributed by atoms with van der Waals surface area (Å²) in [6.07, 6.45) is 5.39. The number of hydrogen-bond donors (Lipinski definition) is 1. The normalized spacial score (nSPS) is 20.2. The number of amides is 1. The van der Waals surface area contributed by atoms with Gasteiger partial charge >= 0.3 is 0 Å². The summed E-state index contributed by atoms with van der Waals surface area (Å²) < 4.78 is 0. The molecule has 2 aliphatic rings. The second kappa shape index (κ2) is 7.50. The van der Waals surface area contributed by atoms with Gasteiger partial charge in [-0.25, -0.2) is 0 Å². The quantitative estimate of drug-likeness (QED) is 0.469. The van der Waals surface area contributed by atoms with E-state index in [0.29, 0.717) is 0 Å². The van der Waals surface area contributed by atoms with Gasteiger partial charge in [-0.05, 0) is 25.7 Å². The molecule has 114 valence electrons. The van der Waals surface area contributed by atoms with Crippen LogP contribution in [0.1, 0.15) is 39.5 Å². The minimum Gasteiger partial charge on any atom is -0.357 e. The second-order valence-electron chi connectivity index (χ2n) is 5.81. The molecule has 0 radical (unpaired) electrons. The van der Waals surface area contributed by atoms with Crippen LogP contribution in [-0.2, 0) is 4.79 Å². The Balaban J connectivity index is 1.77. The first-order chi connectivity index (χ1) is 9.70. The van der Waals surface area contributed by atoms with Gasteiger partial charge in [0.2, 0.25) is 5.91 Å². The Hall–Kier alpha value is -1.26. The van der Waals surface area contributed by atoms with Crippen LogP contribution in [-0.4, -0.2) is 60.9 Å². The van der Waals surface area contributed by atoms with Crippen molar-refractivity contribution in [2.75, 3.05) is 39.3 Å². The van der Waals surface area contributed by atoms with Crippen molar-refractivity contribution >= 4 is 11.9 Å². The monoisotopic (exact) mass is 280 g/mol. The Morgan fingerprint density at radius 1 is 1.20 bits per heavy atom. The molecule has 2 fully saturated rings. The average molecular weight is 280 g/mol. The molecule has 2 rings (SSSR count). The van der Waals surface area contributed by atoms with E-state index in [2.05, 4.69) is 17.1 Å². The van der Waals surface area contributed by atoms with E-state index < -0.39 is 0 Å². The minimum absolute atomic E-state index is 0.177. The highest BCUT2D eigenvalue weighted by Gasteiger charge is 2.21. The topological polar surface area (TPSA) is 47.9 Å². The lowest BCUT2D eigenvalue weighted by Crippen LogP contribution is -2.53. The van der Waals surface area contributed by atoms with Crippen molar-refractivity contribution < 1.29 is 4.79 Å². The fourth-order valence-corrected chi connectivity index (χ4v) is 2.63. The lowest BCUT2D eigenvalue weighted by molar-refractivity contribution is -0.130. The number of rotatable bonds is 5. The van der Waals surface area contributed by atoms with Crippen molar-refractivity contribution in [3.8, 4) is 0 Å². The molecule has 1 aliphatic heterocycles. The van der Waals surface area contributed by atoms with Crippen molar-refractivity contribution in [1.82, 2.24) is 15.1 Å². The van der Waals surface area contributed by atoms with Crippen molar-refractivity contribution in [3.05, 3.63) is 0 Å². The summed E-state index contributed by atoms with van der Waals surface area (Å²) in [5.74, 6) is 2.19. The van der Waals surface area contributed by atoms with Gasteiger partial charge in [0.1, 0.15) is 0 Å². The van der Waals surface area contributed by atoms with Gasteiger partial charge in [0.05, 0.1) is 0 Å². The Morgan fingerprint density at radius 3 is 2.40 bits per heavy atom. The van der Waals surface area contributed by atoms with Gasteiger partial charge in [-0.1, -0.05) is 12.8 Å². The van der Waals surface area contributed by atoms with Crippen molar-refractivity contribution in [1.29, 1.82) is 0 Å². The standard InChI is InChI=1S/C15H28N4O/c1-3-16-15(17-8-4-5-14-6-7-14)19-11-9-18(10-12-19)13(2)20/h14H,3-12H2,1-2H3,(H,16,17). The van der Waals surface area contributed by atoms with Crippen LogP contribution in [0.4, 0.5) is 0 Å². The van der Waals surface area contributed by atoms with E-state index in [4.69, 9.17) is 4.99 Å². The maximum atomic E-state index is 11.3. The first kappa shape index (κ1) is 15.1. The van der Waals surface area contributed by atoms with Crippen molar-refractivity contribution in [3.63, 3.8) is 0 Å². The number of carbonyl (C=O) groups excluding carboxylic acids is 1. The highest BCUT2D eigenvalue weighted by Crippen LogP contribution is 2.33. The van der Waals surface area contributed by atoms with Crippen LogP contribution in [0.3, 0.4) is 0 Å². The zero-order chi connectivity index (χ0) is 14.4. The Morgan fingerprint density at radius 2 is 1.85 bits per heavy atom. The molecular formula is C15H28N4O. The van der Waals surface area contributed by atoms with E-state index in [1.807, 2.05) is 4.90 Å². The Bertz CT molecular complexity index is 344. The van der Waals surface area contributed by atoms with Gasteiger partial charge in [0.15, 0.2) is 5.96 Å². The first-order valence-electron chi connectivity index (χ1n) is 7.99. The molecule has 5 heteroatoms. The van der Waals surface area contributed by atoms with E-state index in [0.717, 1.165) is 51.1 Å². The van der Waals surface area contributed by atoms with Gasteiger partial charge in [-0.2, -0.15) is 0 Å². The summed E-state index contributed by atoms with van der Waals surface area (Å²) in [5, 5.41) is 3.37. The molecule has 0 aromatic rings. The maximum Gasteiger partial charge on any atom is 0.219 e. The number of guanidine groups is 1. The fourth-order valence-electron chi connectivity index (χ4n) is 2.63. The predicted octanol–water partition coefficient (Wildman–Crippen LogP) is 1.31. The lowest BCUT2D eigenvalue weighted by atomic mass is 10.2. The zero-order valence-electron chi connectivity index (χ0n) is 12.9. The molecule has 1 saturated carbocycles. The Labute approximate surface area is 122 Å². The highest BCUT2D eigenvalue weighted by atomic mass is 16.2. The SMILES string of the molecule is CCNC(=NCCCC1CC1)N1CCN(C(C)=O)CC1. The largest absolute Gasteiger partial charge is 0.357 e. The van der Waals surface area contributed by atoms with Crippen LogP contribution in [0.25, 0.3) is 0 Å². The van der Waals surface area contributed by atoms with Gasteiger partial charge in [-0.3, -0.25) is 9.79 Å². The van der Waals surface area contributed by atoms with Gasteiger partial charge in [0, 0.05) is 46.2 Å². The second-order valence-corrected chi connectivity index (χ2v) is 5.81.